The third-order valence-electron chi connectivity index (χ3n) is 15.9. The Kier molecular flexibility index (Phi) is 58.7. The lowest BCUT2D eigenvalue weighted by molar-refractivity contribution is -0.161. The number of phosphoric acid groups is 2. The molecular formula is C69H134O17P2. The van der Waals surface area contributed by atoms with Crippen molar-refractivity contribution in [1.29, 1.82) is 0 Å². The number of rotatable bonds is 67. The summed E-state index contributed by atoms with van der Waals surface area (Å²) in [5.74, 6) is 0.0295. The molecule has 3 N–H and O–H groups in total. The number of hydrogen-bond donors (Lipinski definition) is 3. The average Bonchev–Trinajstić information content (AvgIpc) is 3.55. The summed E-state index contributed by atoms with van der Waals surface area (Å²) in [6.45, 7) is 11.7. The second kappa shape index (κ2) is 60.0. The molecule has 0 saturated carbocycles. The monoisotopic (exact) mass is 1300 g/mol. The number of carbonyl (C=O) groups is 4. The van der Waals surface area contributed by atoms with E-state index in [9.17, 15) is 43.2 Å². The van der Waals surface area contributed by atoms with Crippen LogP contribution in [0.15, 0.2) is 0 Å². The Balaban J connectivity index is 5.25. The number of hydrogen-bond acceptors (Lipinski definition) is 15. The molecule has 0 amide bonds. The van der Waals surface area contributed by atoms with Crippen LogP contribution < -0.4 is 0 Å². The van der Waals surface area contributed by atoms with Gasteiger partial charge in [0.25, 0.3) is 0 Å². The summed E-state index contributed by atoms with van der Waals surface area (Å²) >= 11 is 0. The molecule has 19 heteroatoms. The van der Waals surface area contributed by atoms with E-state index in [4.69, 9.17) is 37.0 Å². The molecule has 5 atom stereocenters. The molecule has 0 fully saturated rings. The first-order valence-electron chi connectivity index (χ1n) is 35.8. The van der Waals surface area contributed by atoms with Gasteiger partial charge in [0.2, 0.25) is 0 Å². The Labute approximate surface area is 537 Å². The van der Waals surface area contributed by atoms with Gasteiger partial charge in [-0.1, -0.05) is 292 Å². The highest BCUT2D eigenvalue weighted by Crippen LogP contribution is 2.45. The average molecular weight is 1300 g/mol. The molecule has 0 aliphatic carbocycles. The van der Waals surface area contributed by atoms with Gasteiger partial charge in [-0.25, -0.2) is 9.13 Å². The van der Waals surface area contributed by atoms with Crippen molar-refractivity contribution in [3.05, 3.63) is 0 Å². The molecule has 0 rings (SSSR count). The summed E-state index contributed by atoms with van der Waals surface area (Å²) in [6.07, 6.45) is 43.2. The van der Waals surface area contributed by atoms with Crippen molar-refractivity contribution in [3.8, 4) is 0 Å². The van der Waals surface area contributed by atoms with Gasteiger partial charge in [0.1, 0.15) is 19.3 Å². The minimum Gasteiger partial charge on any atom is -0.462 e. The van der Waals surface area contributed by atoms with Crippen molar-refractivity contribution in [1.82, 2.24) is 0 Å². The van der Waals surface area contributed by atoms with E-state index in [1.54, 1.807) is 0 Å². The van der Waals surface area contributed by atoms with Gasteiger partial charge in [-0.2, -0.15) is 0 Å². The van der Waals surface area contributed by atoms with Crippen LogP contribution in [0.4, 0.5) is 0 Å². The number of phosphoric ester groups is 2. The smallest absolute Gasteiger partial charge is 0.462 e. The highest BCUT2D eigenvalue weighted by Gasteiger charge is 2.30. The summed E-state index contributed by atoms with van der Waals surface area (Å²) in [5.41, 5.74) is 0. The van der Waals surface area contributed by atoms with Crippen LogP contribution in [0.5, 0.6) is 0 Å². The minimum absolute atomic E-state index is 0.102. The SMILES string of the molecule is CCCCCCCCCCCCCCCCCC(=O)O[C@H](COC(=O)CCCCCCCCCCCCC(C)C)COP(=O)(O)OC[C@@H](O)COP(=O)(O)OC[C@@H](COC(=O)CCCCCCCCCC(C)C)OC(=O)CCCCCCCCCC(C)C. The summed E-state index contributed by atoms with van der Waals surface area (Å²) in [7, 11) is -9.90. The second-order valence-corrected chi connectivity index (χ2v) is 29.3. The summed E-state index contributed by atoms with van der Waals surface area (Å²) in [5, 5.41) is 10.6. The zero-order valence-electron chi connectivity index (χ0n) is 57.2. The largest absolute Gasteiger partial charge is 0.472 e. The Bertz CT molecular complexity index is 1730. The normalized spacial score (nSPS) is 14.2. The summed E-state index contributed by atoms with van der Waals surface area (Å²) in [4.78, 5) is 72.5. The maximum atomic E-state index is 13.0. The first-order valence-corrected chi connectivity index (χ1v) is 38.8. The molecule has 88 heavy (non-hydrogen) atoms. The topological polar surface area (TPSA) is 237 Å². The van der Waals surface area contributed by atoms with Gasteiger partial charge in [0.15, 0.2) is 12.2 Å². The maximum Gasteiger partial charge on any atom is 0.472 e. The number of esters is 4. The predicted molar refractivity (Wildman–Crippen MR) is 354 cm³/mol. The first-order chi connectivity index (χ1) is 42.2. The van der Waals surface area contributed by atoms with Gasteiger partial charge >= 0.3 is 39.5 Å². The second-order valence-electron chi connectivity index (χ2n) is 26.3. The van der Waals surface area contributed by atoms with Crippen LogP contribution in [0.2, 0.25) is 0 Å². The van der Waals surface area contributed by atoms with Crippen LogP contribution in [-0.4, -0.2) is 96.7 Å². The third kappa shape index (κ3) is 62.8. The lowest BCUT2D eigenvalue weighted by Crippen LogP contribution is -2.30. The molecule has 0 aliphatic heterocycles. The Hall–Kier alpha value is -1.94. The molecule has 0 radical (unpaired) electrons. The van der Waals surface area contributed by atoms with E-state index in [0.717, 1.165) is 102 Å². The maximum absolute atomic E-state index is 13.0. The number of aliphatic hydroxyl groups excluding tert-OH is 1. The van der Waals surface area contributed by atoms with E-state index in [2.05, 4.69) is 48.5 Å². The Morgan fingerprint density at radius 2 is 0.523 bits per heavy atom. The molecule has 0 spiro atoms. The van der Waals surface area contributed by atoms with E-state index >= 15 is 0 Å². The van der Waals surface area contributed by atoms with Crippen molar-refractivity contribution < 1.29 is 80.2 Å². The fourth-order valence-electron chi connectivity index (χ4n) is 10.4. The first kappa shape index (κ1) is 86.1. The minimum atomic E-state index is -4.95. The van der Waals surface area contributed by atoms with Crippen LogP contribution in [-0.2, 0) is 65.4 Å². The van der Waals surface area contributed by atoms with Gasteiger partial charge in [0, 0.05) is 25.7 Å². The van der Waals surface area contributed by atoms with Crippen molar-refractivity contribution >= 4 is 39.5 Å². The van der Waals surface area contributed by atoms with Crippen molar-refractivity contribution in [2.45, 2.75) is 362 Å². The highest BCUT2D eigenvalue weighted by atomic mass is 31.2. The highest BCUT2D eigenvalue weighted by molar-refractivity contribution is 7.47. The van der Waals surface area contributed by atoms with E-state index in [1.165, 1.54) is 148 Å². The predicted octanol–water partition coefficient (Wildman–Crippen LogP) is 19.5. The number of ether oxygens (including phenoxy) is 4. The molecule has 2 unspecified atom stereocenters. The fourth-order valence-corrected chi connectivity index (χ4v) is 11.9. The number of carbonyl (C=O) groups excluding carboxylic acids is 4. The van der Waals surface area contributed by atoms with Crippen LogP contribution in [0.25, 0.3) is 0 Å². The van der Waals surface area contributed by atoms with Crippen LogP contribution in [0.3, 0.4) is 0 Å². The lowest BCUT2D eigenvalue weighted by atomic mass is 10.0. The molecular weight excluding hydrogens is 1160 g/mol. The van der Waals surface area contributed by atoms with Crippen LogP contribution in [0.1, 0.15) is 344 Å². The quantitative estimate of drug-likeness (QED) is 0.0222. The van der Waals surface area contributed by atoms with Crippen molar-refractivity contribution in [3.63, 3.8) is 0 Å². The van der Waals surface area contributed by atoms with Crippen LogP contribution in [0, 0.1) is 17.8 Å². The van der Waals surface area contributed by atoms with Gasteiger partial charge < -0.3 is 33.8 Å². The molecule has 0 aromatic rings. The van der Waals surface area contributed by atoms with Gasteiger partial charge in [-0.05, 0) is 43.4 Å². The zero-order valence-corrected chi connectivity index (χ0v) is 59.0. The third-order valence-corrected chi connectivity index (χ3v) is 17.8. The molecule has 0 heterocycles. The summed E-state index contributed by atoms with van der Waals surface area (Å²) < 4.78 is 68.2. The Morgan fingerprint density at radius 1 is 0.307 bits per heavy atom. The molecule has 0 aromatic carbocycles. The van der Waals surface area contributed by atoms with Gasteiger partial charge in [-0.15, -0.1) is 0 Å². The standard InChI is InChI=1S/C69H134O17P2/c1-8-9-10-11-12-13-14-15-16-17-18-23-30-38-45-52-68(73)85-64(56-79-66(71)50-43-36-29-22-20-19-21-26-33-40-47-60(2)3)58-83-87(75,76)81-54-63(70)55-82-88(77,78)84-59-65(86-69(74)53-46-39-32-25-28-35-42-49-62(6)7)57-80-67(72)51-44-37-31-24-27-34-41-48-61(4)5/h60-65,70H,8-59H2,1-7H3,(H,75,76)(H,77,78)/t63-,64-,65-/m1/s1. The van der Waals surface area contributed by atoms with Gasteiger partial charge in [0.05, 0.1) is 26.4 Å². The number of aliphatic hydroxyl groups is 1. The summed E-state index contributed by atoms with van der Waals surface area (Å²) in [6, 6.07) is 0. The van der Waals surface area contributed by atoms with E-state index in [-0.39, 0.29) is 25.7 Å². The molecule has 17 nitrogen and oxygen atoms in total. The van der Waals surface area contributed by atoms with E-state index in [0.29, 0.717) is 37.5 Å². The van der Waals surface area contributed by atoms with E-state index in [1.807, 2.05) is 0 Å². The molecule has 0 aliphatic rings. The zero-order chi connectivity index (χ0) is 65.2. The van der Waals surface area contributed by atoms with Crippen LogP contribution >= 0.6 is 15.6 Å². The molecule has 0 aromatic heterocycles. The van der Waals surface area contributed by atoms with Crippen molar-refractivity contribution in [2.24, 2.45) is 17.8 Å². The van der Waals surface area contributed by atoms with E-state index < -0.39 is 97.5 Å². The molecule has 0 bridgehead atoms. The van der Waals surface area contributed by atoms with Crippen molar-refractivity contribution in [2.75, 3.05) is 39.6 Å². The Morgan fingerprint density at radius 3 is 0.773 bits per heavy atom. The molecule has 0 saturated heterocycles. The lowest BCUT2D eigenvalue weighted by Gasteiger charge is -2.21. The molecule has 522 valence electrons. The number of unbranched alkanes of at least 4 members (excludes halogenated alkanes) is 35. The fraction of sp³-hybridized carbons (Fsp3) is 0.942. The van der Waals surface area contributed by atoms with Gasteiger partial charge in [-0.3, -0.25) is 37.3 Å².